The molecule has 2 aromatic heterocycles. The SMILES string of the molecule is CN=C(NCc1ccsc1)NCC(C)N1CCc2sccc2C1.I. The van der Waals surface area contributed by atoms with Gasteiger partial charge in [0.2, 0.25) is 0 Å². The maximum Gasteiger partial charge on any atom is 0.191 e. The van der Waals surface area contributed by atoms with Gasteiger partial charge in [0, 0.05) is 44.1 Å². The van der Waals surface area contributed by atoms with Crippen LogP contribution >= 0.6 is 46.7 Å². The Kier molecular flexibility index (Phi) is 7.99. The summed E-state index contributed by atoms with van der Waals surface area (Å²) >= 11 is 3.62. The molecule has 1 aliphatic heterocycles. The lowest BCUT2D eigenvalue weighted by Gasteiger charge is -2.32. The lowest BCUT2D eigenvalue weighted by Crippen LogP contribution is -2.47. The molecule has 3 heterocycles. The van der Waals surface area contributed by atoms with Crippen LogP contribution in [0.25, 0.3) is 0 Å². The van der Waals surface area contributed by atoms with Gasteiger partial charge in [-0.2, -0.15) is 11.3 Å². The average molecular weight is 476 g/mol. The minimum Gasteiger partial charge on any atom is -0.355 e. The van der Waals surface area contributed by atoms with Crippen LogP contribution in [0.4, 0.5) is 0 Å². The molecule has 0 saturated carbocycles. The summed E-state index contributed by atoms with van der Waals surface area (Å²) in [4.78, 5) is 8.43. The Labute approximate surface area is 169 Å². The van der Waals surface area contributed by atoms with Gasteiger partial charge in [0.1, 0.15) is 0 Å². The summed E-state index contributed by atoms with van der Waals surface area (Å²) in [6, 6.07) is 4.90. The van der Waals surface area contributed by atoms with Crippen LogP contribution in [0.15, 0.2) is 33.3 Å². The molecular weight excluding hydrogens is 451 g/mol. The summed E-state index contributed by atoms with van der Waals surface area (Å²) in [6.45, 7) is 6.23. The van der Waals surface area contributed by atoms with E-state index in [2.05, 4.69) is 55.7 Å². The van der Waals surface area contributed by atoms with Crippen molar-refractivity contribution in [1.82, 2.24) is 15.5 Å². The Morgan fingerprint density at radius 1 is 1.33 bits per heavy atom. The van der Waals surface area contributed by atoms with Gasteiger partial charge in [0.25, 0.3) is 0 Å². The molecule has 24 heavy (non-hydrogen) atoms. The molecule has 0 amide bonds. The van der Waals surface area contributed by atoms with Gasteiger partial charge in [-0.05, 0) is 52.7 Å². The number of hydrogen-bond acceptors (Lipinski definition) is 4. The summed E-state index contributed by atoms with van der Waals surface area (Å²) in [5, 5.41) is 13.3. The van der Waals surface area contributed by atoms with Crippen molar-refractivity contribution in [2.24, 2.45) is 4.99 Å². The highest BCUT2D eigenvalue weighted by atomic mass is 127. The second-order valence-corrected chi connectivity index (χ2v) is 7.66. The van der Waals surface area contributed by atoms with E-state index in [4.69, 9.17) is 0 Å². The highest BCUT2D eigenvalue weighted by Gasteiger charge is 2.21. The summed E-state index contributed by atoms with van der Waals surface area (Å²) < 4.78 is 0. The molecule has 0 aliphatic carbocycles. The first-order valence-corrected chi connectivity index (χ1v) is 9.83. The van der Waals surface area contributed by atoms with Gasteiger partial charge in [-0.25, -0.2) is 0 Å². The van der Waals surface area contributed by atoms with E-state index in [0.717, 1.165) is 32.1 Å². The average Bonchev–Trinajstić information content (AvgIpc) is 3.25. The topological polar surface area (TPSA) is 39.7 Å². The fourth-order valence-corrected chi connectivity index (χ4v) is 4.38. The number of hydrogen-bond donors (Lipinski definition) is 2. The van der Waals surface area contributed by atoms with Crippen molar-refractivity contribution < 1.29 is 0 Å². The van der Waals surface area contributed by atoms with Gasteiger partial charge in [0.15, 0.2) is 5.96 Å². The molecular formula is C17H25IN4S2. The van der Waals surface area contributed by atoms with Gasteiger partial charge in [-0.15, -0.1) is 35.3 Å². The van der Waals surface area contributed by atoms with Gasteiger partial charge in [0.05, 0.1) is 0 Å². The Balaban J connectivity index is 0.00000208. The quantitative estimate of drug-likeness (QED) is 0.394. The normalized spacial score (nSPS) is 16.2. The lowest BCUT2D eigenvalue weighted by molar-refractivity contribution is 0.192. The first-order valence-electron chi connectivity index (χ1n) is 8.01. The van der Waals surface area contributed by atoms with Crippen LogP contribution < -0.4 is 10.6 Å². The number of nitrogens with zero attached hydrogens (tertiary/aromatic N) is 2. The van der Waals surface area contributed by atoms with Crippen LogP contribution in [0.2, 0.25) is 0 Å². The number of halogens is 1. The highest BCUT2D eigenvalue weighted by molar-refractivity contribution is 14.0. The van der Waals surface area contributed by atoms with Gasteiger partial charge in [-0.1, -0.05) is 0 Å². The minimum absolute atomic E-state index is 0. The molecule has 3 rings (SSSR count). The number of guanidine groups is 1. The summed E-state index contributed by atoms with van der Waals surface area (Å²) in [6.07, 6.45) is 1.18. The smallest absolute Gasteiger partial charge is 0.191 e. The molecule has 1 unspecified atom stereocenters. The monoisotopic (exact) mass is 476 g/mol. The van der Waals surface area contributed by atoms with E-state index < -0.39 is 0 Å². The second kappa shape index (κ2) is 9.74. The maximum atomic E-state index is 4.31. The largest absolute Gasteiger partial charge is 0.355 e. The zero-order chi connectivity index (χ0) is 16.1. The third kappa shape index (κ3) is 5.18. The van der Waals surface area contributed by atoms with Crippen molar-refractivity contribution in [3.8, 4) is 0 Å². The number of rotatable bonds is 5. The zero-order valence-corrected chi connectivity index (χ0v) is 18.1. The van der Waals surface area contributed by atoms with Gasteiger partial charge >= 0.3 is 0 Å². The number of nitrogens with one attached hydrogen (secondary N) is 2. The number of fused-ring (bicyclic) bond motifs is 1. The minimum atomic E-state index is 0. The van der Waals surface area contributed by atoms with Crippen molar-refractivity contribution in [3.05, 3.63) is 44.3 Å². The predicted octanol–water partition coefficient (Wildman–Crippen LogP) is 3.54. The Morgan fingerprint density at radius 2 is 2.21 bits per heavy atom. The molecule has 2 aromatic rings. The van der Waals surface area contributed by atoms with E-state index in [9.17, 15) is 0 Å². The molecule has 0 radical (unpaired) electrons. The highest BCUT2D eigenvalue weighted by Crippen LogP contribution is 2.24. The van der Waals surface area contributed by atoms with Crippen LogP contribution in [-0.2, 0) is 19.5 Å². The fourth-order valence-electron chi connectivity index (χ4n) is 2.82. The molecule has 0 spiro atoms. The van der Waals surface area contributed by atoms with E-state index in [0.29, 0.717) is 6.04 Å². The van der Waals surface area contributed by atoms with E-state index in [1.807, 2.05) is 18.4 Å². The van der Waals surface area contributed by atoms with Crippen molar-refractivity contribution in [2.75, 3.05) is 20.1 Å². The van der Waals surface area contributed by atoms with Crippen LogP contribution in [0.1, 0.15) is 22.9 Å². The summed E-state index contributed by atoms with van der Waals surface area (Å²) in [5.41, 5.74) is 2.81. The van der Waals surface area contributed by atoms with Crippen LogP contribution in [0.3, 0.4) is 0 Å². The molecule has 0 saturated heterocycles. The summed E-state index contributed by atoms with van der Waals surface area (Å²) in [5.74, 6) is 0.872. The third-order valence-corrected chi connectivity index (χ3v) is 6.04. The first-order chi connectivity index (χ1) is 11.3. The molecule has 2 N–H and O–H groups in total. The number of aliphatic imine (C=N–C) groups is 1. The molecule has 1 atom stereocenters. The lowest BCUT2D eigenvalue weighted by atomic mass is 10.1. The van der Waals surface area contributed by atoms with Crippen molar-refractivity contribution >= 4 is 52.6 Å². The van der Waals surface area contributed by atoms with E-state index in [1.165, 1.54) is 17.5 Å². The molecule has 132 valence electrons. The standard InChI is InChI=1S/C17H24N4S2.HI/c1-13(21-6-3-16-15(11-21)5-8-23-16)9-19-17(18-2)20-10-14-4-7-22-12-14;/h4-5,7-8,12-13H,3,6,9-11H2,1-2H3,(H2,18,19,20);1H. The molecule has 1 aliphatic rings. The molecule has 0 aromatic carbocycles. The molecule has 4 nitrogen and oxygen atoms in total. The Hall–Kier alpha value is -0.640. The third-order valence-electron chi connectivity index (χ3n) is 4.29. The fraction of sp³-hybridized carbons (Fsp3) is 0.471. The second-order valence-electron chi connectivity index (χ2n) is 5.88. The maximum absolute atomic E-state index is 4.31. The molecule has 7 heteroatoms. The van der Waals surface area contributed by atoms with Crippen molar-refractivity contribution in [2.45, 2.75) is 32.5 Å². The molecule has 0 bridgehead atoms. The van der Waals surface area contributed by atoms with Crippen molar-refractivity contribution in [1.29, 1.82) is 0 Å². The van der Waals surface area contributed by atoms with E-state index >= 15 is 0 Å². The Morgan fingerprint density at radius 3 is 2.96 bits per heavy atom. The zero-order valence-electron chi connectivity index (χ0n) is 14.1. The van der Waals surface area contributed by atoms with E-state index in [-0.39, 0.29) is 24.0 Å². The summed E-state index contributed by atoms with van der Waals surface area (Å²) in [7, 11) is 1.83. The van der Waals surface area contributed by atoms with E-state index in [1.54, 1.807) is 16.2 Å². The Bertz CT molecular complexity index is 639. The first kappa shape index (κ1) is 19.7. The number of thiophene rings is 2. The predicted molar refractivity (Wildman–Crippen MR) is 116 cm³/mol. The van der Waals surface area contributed by atoms with Crippen LogP contribution in [0, 0.1) is 0 Å². The van der Waals surface area contributed by atoms with Crippen LogP contribution in [-0.4, -0.2) is 37.0 Å². The van der Waals surface area contributed by atoms with Gasteiger partial charge < -0.3 is 10.6 Å². The molecule has 0 fully saturated rings. The van der Waals surface area contributed by atoms with Crippen LogP contribution in [0.5, 0.6) is 0 Å². The van der Waals surface area contributed by atoms with Crippen molar-refractivity contribution in [3.63, 3.8) is 0 Å². The van der Waals surface area contributed by atoms with Gasteiger partial charge in [-0.3, -0.25) is 9.89 Å².